The zero-order valence-corrected chi connectivity index (χ0v) is 19.5. The van der Waals surface area contributed by atoms with Gasteiger partial charge in [0.05, 0.1) is 5.57 Å². The number of hydrogen-bond donors (Lipinski definition) is 2. The minimum atomic E-state index is -0.606. The molecule has 0 amide bonds. The highest BCUT2D eigenvalue weighted by atomic mass is 16.5. The van der Waals surface area contributed by atoms with Crippen LogP contribution in [0.25, 0.3) is 0 Å². The number of allylic oxidation sites excluding steroid dienone is 3. The first-order chi connectivity index (χ1) is 17.0. The van der Waals surface area contributed by atoms with Gasteiger partial charge in [-0.15, -0.1) is 0 Å². The lowest BCUT2D eigenvalue weighted by atomic mass is 9.71. The van der Waals surface area contributed by atoms with Crippen LogP contribution in [0.4, 0.5) is 0 Å². The average molecular weight is 466 g/mol. The van der Waals surface area contributed by atoms with Crippen LogP contribution in [0.2, 0.25) is 0 Å². The molecule has 176 valence electrons. The smallest absolute Gasteiger partial charge is 0.337 e. The number of dihydropyridines is 1. The molecule has 5 rings (SSSR count). The molecule has 2 N–H and O–H groups in total. The Morgan fingerprint density at radius 3 is 2.34 bits per heavy atom. The first-order valence-corrected chi connectivity index (χ1v) is 11.8. The minimum absolute atomic E-state index is 0.00167. The van der Waals surface area contributed by atoms with Gasteiger partial charge in [0.15, 0.2) is 5.78 Å². The summed E-state index contributed by atoms with van der Waals surface area (Å²) in [7, 11) is 0. The number of aromatic hydroxyl groups is 1. The second kappa shape index (κ2) is 9.63. The van der Waals surface area contributed by atoms with Gasteiger partial charge in [-0.2, -0.15) is 0 Å². The third-order valence-electron chi connectivity index (χ3n) is 6.73. The molecule has 5 heteroatoms. The number of nitrogens with one attached hydrogen (secondary N) is 1. The number of ether oxygens (including phenoxy) is 1. The first-order valence-electron chi connectivity index (χ1n) is 11.8. The maximum atomic E-state index is 13.6. The van der Waals surface area contributed by atoms with Crippen molar-refractivity contribution in [3.05, 3.63) is 124 Å². The molecule has 1 heterocycles. The van der Waals surface area contributed by atoms with E-state index in [4.69, 9.17) is 4.74 Å². The molecule has 0 saturated carbocycles. The Bertz CT molecular complexity index is 1320. The molecule has 0 bridgehead atoms. The van der Waals surface area contributed by atoms with Crippen LogP contribution in [-0.2, 0) is 20.9 Å². The molecule has 0 fully saturated rings. The summed E-state index contributed by atoms with van der Waals surface area (Å²) >= 11 is 0. The largest absolute Gasteiger partial charge is 0.508 e. The molecule has 0 radical (unpaired) electrons. The van der Waals surface area contributed by atoms with Crippen molar-refractivity contribution in [2.24, 2.45) is 0 Å². The summed E-state index contributed by atoms with van der Waals surface area (Å²) in [6, 6.07) is 26.3. The van der Waals surface area contributed by atoms with Crippen LogP contribution in [0.3, 0.4) is 0 Å². The summed E-state index contributed by atoms with van der Waals surface area (Å²) in [5, 5.41) is 13.6. The molecule has 1 aliphatic carbocycles. The van der Waals surface area contributed by atoms with Gasteiger partial charge in [0, 0.05) is 29.3 Å². The van der Waals surface area contributed by atoms with Crippen molar-refractivity contribution in [3.8, 4) is 5.75 Å². The number of Topliss-reactive ketones (excluding diaryl/α,β-unsaturated/α-hetero) is 1. The SMILES string of the molecule is CC1=C(C(=O)OCc2ccccc2)[C@@H](c2cccc(O)c2)C2=C(C[C@@H](c3ccccc3)CC2=O)N1. The molecule has 0 saturated heterocycles. The fourth-order valence-electron chi connectivity index (χ4n) is 5.11. The molecular formula is C30H27NO4. The van der Waals surface area contributed by atoms with Crippen molar-refractivity contribution >= 4 is 11.8 Å². The topological polar surface area (TPSA) is 75.6 Å². The Hall–Kier alpha value is -4.12. The number of benzene rings is 3. The molecule has 2 aliphatic rings. The molecule has 5 nitrogen and oxygen atoms in total. The van der Waals surface area contributed by atoms with E-state index >= 15 is 0 Å². The number of phenols is 1. The molecule has 35 heavy (non-hydrogen) atoms. The summed E-state index contributed by atoms with van der Waals surface area (Å²) in [5.74, 6) is -0.924. The van der Waals surface area contributed by atoms with Gasteiger partial charge in [-0.25, -0.2) is 4.79 Å². The van der Waals surface area contributed by atoms with Crippen LogP contribution in [0, 0.1) is 0 Å². The van der Waals surface area contributed by atoms with E-state index in [1.165, 1.54) is 0 Å². The number of ketones is 1. The van der Waals surface area contributed by atoms with Gasteiger partial charge < -0.3 is 15.2 Å². The minimum Gasteiger partial charge on any atom is -0.508 e. The summed E-state index contributed by atoms with van der Waals surface area (Å²) in [6.07, 6.45) is 1.04. The van der Waals surface area contributed by atoms with Gasteiger partial charge in [-0.3, -0.25) is 4.79 Å². The Morgan fingerprint density at radius 1 is 0.943 bits per heavy atom. The molecule has 1 aliphatic heterocycles. The zero-order valence-electron chi connectivity index (χ0n) is 19.5. The van der Waals surface area contributed by atoms with Crippen molar-refractivity contribution in [1.82, 2.24) is 5.32 Å². The Labute approximate surface area is 204 Å². The highest BCUT2D eigenvalue weighted by Crippen LogP contribution is 2.46. The summed E-state index contributed by atoms with van der Waals surface area (Å²) in [5.41, 5.74) is 5.18. The van der Waals surface area contributed by atoms with Crippen LogP contribution in [0.1, 0.15) is 48.3 Å². The van der Waals surface area contributed by atoms with E-state index in [9.17, 15) is 14.7 Å². The van der Waals surface area contributed by atoms with Gasteiger partial charge in [0.2, 0.25) is 0 Å². The summed E-state index contributed by atoms with van der Waals surface area (Å²) < 4.78 is 5.69. The fourth-order valence-corrected chi connectivity index (χ4v) is 5.11. The van der Waals surface area contributed by atoms with Crippen LogP contribution in [0.5, 0.6) is 5.75 Å². The van der Waals surface area contributed by atoms with Crippen molar-refractivity contribution in [2.45, 2.75) is 38.2 Å². The van der Waals surface area contributed by atoms with E-state index in [0.717, 1.165) is 16.8 Å². The lowest BCUT2D eigenvalue weighted by Gasteiger charge is -2.36. The van der Waals surface area contributed by atoms with Gasteiger partial charge in [-0.1, -0.05) is 72.8 Å². The maximum Gasteiger partial charge on any atom is 0.337 e. The van der Waals surface area contributed by atoms with E-state index in [2.05, 4.69) is 5.32 Å². The number of carbonyl (C=O) groups excluding carboxylic acids is 2. The summed E-state index contributed by atoms with van der Waals surface area (Å²) in [4.78, 5) is 27.0. The lowest BCUT2D eigenvalue weighted by Crippen LogP contribution is -2.36. The second-order valence-corrected chi connectivity index (χ2v) is 9.08. The predicted molar refractivity (Wildman–Crippen MR) is 133 cm³/mol. The van der Waals surface area contributed by atoms with Crippen LogP contribution < -0.4 is 5.32 Å². The van der Waals surface area contributed by atoms with Gasteiger partial charge >= 0.3 is 5.97 Å². The highest BCUT2D eigenvalue weighted by Gasteiger charge is 2.41. The van der Waals surface area contributed by atoms with Crippen molar-refractivity contribution in [1.29, 1.82) is 0 Å². The van der Waals surface area contributed by atoms with Gasteiger partial charge in [0.1, 0.15) is 12.4 Å². The van der Waals surface area contributed by atoms with E-state index in [1.807, 2.05) is 73.7 Å². The third kappa shape index (κ3) is 4.62. The lowest BCUT2D eigenvalue weighted by molar-refractivity contribution is -0.140. The molecular weight excluding hydrogens is 438 g/mol. The van der Waals surface area contributed by atoms with Crippen molar-refractivity contribution < 1.29 is 19.4 Å². The van der Waals surface area contributed by atoms with Crippen LogP contribution in [0.15, 0.2) is 107 Å². The van der Waals surface area contributed by atoms with Crippen LogP contribution in [-0.4, -0.2) is 16.9 Å². The molecule has 0 unspecified atom stereocenters. The van der Waals surface area contributed by atoms with Crippen LogP contribution >= 0.6 is 0 Å². The Kier molecular flexibility index (Phi) is 6.23. The van der Waals surface area contributed by atoms with Gasteiger partial charge in [-0.05, 0) is 48.1 Å². The Morgan fingerprint density at radius 2 is 1.63 bits per heavy atom. The van der Waals surface area contributed by atoms with E-state index in [-0.39, 0.29) is 24.1 Å². The number of carbonyl (C=O) groups is 2. The number of rotatable bonds is 5. The van der Waals surface area contributed by atoms with Gasteiger partial charge in [0.25, 0.3) is 0 Å². The number of esters is 1. The summed E-state index contributed by atoms with van der Waals surface area (Å²) in [6.45, 7) is 1.98. The fraction of sp³-hybridized carbons (Fsp3) is 0.200. The monoisotopic (exact) mass is 465 g/mol. The first kappa shape index (κ1) is 22.7. The number of hydrogen-bond acceptors (Lipinski definition) is 5. The second-order valence-electron chi connectivity index (χ2n) is 9.08. The number of phenolic OH excluding ortho intramolecular Hbond substituents is 1. The van der Waals surface area contributed by atoms with Crippen molar-refractivity contribution in [2.75, 3.05) is 0 Å². The average Bonchev–Trinajstić information content (AvgIpc) is 2.87. The standard InChI is InChI=1S/C30H27NO4/c1-19-27(30(34)35-18-20-9-4-2-5-10-20)28(22-13-8-14-24(32)15-22)29-25(31-19)16-23(17-26(29)33)21-11-6-3-7-12-21/h2-15,23,28,31-32H,16-18H2,1H3/t23-,28-/m1/s1. The van der Waals surface area contributed by atoms with E-state index in [1.54, 1.807) is 18.2 Å². The molecule has 3 aromatic carbocycles. The molecule has 0 spiro atoms. The Balaban J connectivity index is 1.52. The van der Waals surface area contributed by atoms with E-state index < -0.39 is 11.9 Å². The third-order valence-corrected chi connectivity index (χ3v) is 6.73. The predicted octanol–water partition coefficient (Wildman–Crippen LogP) is 5.50. The quantitative estimate of drug-likeness (QED) is 0.487. The maximum absolute atomic E-state index is 13.6. The normalized spacial score (nSPS) is 19.7. The molecule has 2 atom stereocenters. The highest BCUT2D eigenvalue weighted by molar-refractivity contribution is 6.04. The van der Waals surface area contributed by atoms with Crippen molar-refractivity contribution in [3.63, 3.8) is 0 Å². The molecule has 0 aromatic heterocycles. The van der Waals surface area contributed by atoms with E-state index in [0.29, 0.717) is 35.2 Å². The zero-order chi connectivity index (χ0) is 24.4. The molecule has 3 aromatic rings.